The predicted octanol–water partition coefficient (Wildman–Crippen LogP) is 3.87. The zero-order valence-corrected chi connectivity index (χ0v) is 12.9. The van der Waals surface area contributed by atoms with Gasteiger partial charge in [-0.15, -0.1) is 0 Å². The van der Waals surface area contributed by atoms with Gasteiger partial charge in [-0.2, -0.15) is 5.26 Å². The Morgan fingerprint density at radius 1 is 1.29 bits per heavy atom. The molecule has 1 aromatic rings. The molecule has 0 unspecified atom stereocenters. The molecule has 0 bridgehead atoms. The summed E-state index contributed by atoms with van der Waals surface area (Å²) in [5.41, 5.74) is 4.71. The van der Waals surface area contributed by atoms with Gasteiger partial charge in [0.15, 0.2) is 6.29 Å². The van der Waals surface area contributed by atoms with Gasteiger partial charge < -0.3 is 9.47 Å². The number of ether oxygens (including phenoxy) is 2. The first-order valence-electron chi connectivity index (χ1n) is 7.73. The van der Waals surface area contributed by atoms with Crippen molar-refractivity contribution in [2.75, 3.05) is 13.2 Å². The molecule has 0 heterocycles. The standard InChI is InChI=1S/C18H23NO2/c1-3-20-18(21-4-2)12-14(13-19)11-16-9-5-7-15-8-6-10-17(15)16/h5,7,9,11,18H,3-4,6,8,10,12H2,1-2H3. The normalized spacial score (nSPS) is 14.3. The largest absolute Gasteiger partial charge is 0.353 e. The van der Waals surface area contributed by atoms with Crippen LogP contribution >= 0.6 is 0 Å². The van der Waals surface area contributed by atoms with Gasteiger partial charge >= 0.3 is 0 Å². The average Bonchev–Trinajstić information content (AvgIpc) is 2.96. The molecule has 0 radical (unpaired) electrons. The van der Waals surface area contributed by atoms with Crippen LogP contribution in [0.25, 0.3) is 6.08 Å². The maximum atomic E-state index is 9.39. The molecule has 0 N–H and O–H groups in total. The number of rotatable bonds is 7. The Morgan fingerprint density at radius 2 is 2.05 bits per heavy atom. The van der Waals surface area contributed by atoms with Crippen LogP contribution in [0.15, 0.2) is 23.8 Å². The molecule has 0 spiro atoms. The smallest absolute Gasteiger partial charge is 0.162 e. The quantitative estimate of drug-likeness (QED) is 0.564. The van der Waals surface area contributed by atoms with Gasteiger partial charge in [-0.1, -0.05) is 18.2 Å². The third-order valence-corrected chi connectivity index (χ3v) is 3.75. The highest BCUT2D eigenvalue weighted by molar-refractivity contribution is 5.62. The van der Waals surface area contributed by atoms with E-state index in [1.165, 1.54) is 23.1 Å². The molecule has 0 saturated heterocycles. The summed E-state index contributed by atoms with van der Waals surface area (Å²) in [6.45, 7) is 5.05. The first kappa shape index (κ1) is 15.8. The van der Waals surface area contributed by atoms with Gasteiger partial charge in [0.2, 0.25) is 0 Å². The summed E-state index contributed by atoms with van der Waals surface area (Å²) in [6, 6.07) is 8.65. The number of hydrogen-bond donors (Lipinski definition) is 0. The van der Waals surface area contributed by atoms with Crippen LogP contribution in [0.5, 0.6) is 0 Å². The van der Waals surface area contributed by atoms with Crippen molar-refractivity contribution in [2.24, 2.45) is 0 Å². The Hall–Kier alpha value is -1.63. The molecular weight excluding hydrogens is 262 g/mol. The SMILES string of the molecule is CCOC(CC(C#N)=Cc1cccc2c1CCC2)OCC. The Kier molecular flexibility index (Phi) is 5.98. The molecular formula is C18H23NO2. The van der Waals surface area contributed by atoms with Crippen molar-refractivity contribution in [3.63, 3.8) is 0 Å². The zero-order valence-electron chi connectivity index (χ0n) is 12.9. The highest BCUT2D eigenvalue weighted by atomic mass is 16.7. The predicted molar refractivity (Wildman–Crippen MR) is 83.7 cm³/mol. The highest BCUT2D eigenvalue weighted by Gasteiger charge is 2.15. The summed E-state index contributed by atoms with van der Waals surface area (Å²) >= 11 is 0. The van der Waals surface area contributed by atoms with Crippen LogP contribution in [0.3, 0.4) is 0 Å². The lowest BCUT2D eigenvalue weighted by Gasteiger charge is -2.16. The van der Waals surface area contributed by atoms with Crippen molar-refractivity contribution in [1.82, 2.24) is 0 Å². The van der Waals surface area contributed by atoms with Crippen LogP contribution in [0.1, 0.15) is 43.4 Å². The second kappa shape index (κ2) is 7.97. The molecule has 0 aliphatic heterocycles. The van der Waals surface area contributed by atoms with E-state index in [1.807, 2.05) is 19.9 Å². The van der Waals surface area contributed by atoms with Gasteiger partial charge in [0.05, 0.1) is 6.07 Å². The van der Waals surface area contributed by atoms with E-state index in [1.54, 1.807) is 0 Å². The summed E-state index contributed by atoms with van der Waals surface area (Å²) < 4.78 is 11.1. The van der Waals surface area contributed by atoms with Gasteiger partial charge in [0.25, 0.3) is 0 Å². The maximum absolute atomic E-state index is 9.39. The minimum absolute atomic E-state index is 0.331. The molecule has 2 rings (SSSR count). The first-order valence-corrected chi connectivity index (χ1v) is 7.73. The highest BCUT2D eigenvalue weighted by Crippen LogP contribution is 2.27. The summed E-state index contributed by atoms with van der Waals surface area (Å²) in [5, 5.41) is 9.39. The number of nitrogens with zero attached hydrogens (tertiary/aromatic N) is 1. The van der Waals surface area contributed by atoms with E-state index >= 15 is 0 Å². The van der Waals surface area contributed by atoms with Crippen molar-refractivity contribution < 1.29 is 9.47 Å². The lowest BCUT2D eigenvalue weighted by molar-refractivity contribution is -0.133. The van der Waals surface area contributed by atoms with E-state index < -0.39 is 0 Å². The topological polar surface area (TPSA) is 42.2 Å². The second-order valence-electron chi connectivity index (χ2n) is 5.16. The fourth-order valence-electron chi connectivity index (χ4n) is 2.83. The van der Waals surface area contributed by atoms with E-state index in [-0.39, 0.29) is 6.29 Å². The average molecular weight is 285 g/mol. The molecule has 21 heavy (non-hydrogen) atoms. The number of benzene rings is 1. The molecule has 0 atom stereocenters. The minimum Gasteiger partial charge on any atom is -0.353 e. The fraction of sp³-hybridized carbons (Fsp3) is 0.500. The molecule has 1 aromatic carbocycles. The van der Waals surface area contributed by atoms with Crippen LogP contribution in [0.4, 0.5) is 0 Å². The number of fused-ring (bicyclic) bond motifs is 1. The maximum Gasteiger partial charge on any atom is 0.162 e. The van der Waals surface area contributed by atoms with Crippen LogP contribution in [0.2, 0.25) is 0 Å². The summed E-state index contributed by atoms with van der Waals surface area (Å²) in [6.07, 6.45) is 5.64. The summed E-state index contributed by atoms with van der Waals surface area (Å²) in [7, 11) is 0. The molecule has 0 fully saturated rings. The molecule has 1 aliphatic carbocycles. The lowest BCUT2D eigenvalue weighted by Crippen LogP contribution is -2.17. The van der Waals surface area contributed by atoms with E-state index in [9.17, 15) is 5.26 Å². The monoisotopic (exact) mass is 285 g/mol. The summed E-state index contributed by atoms with van der Waals surface area (Å²) in [5.74, 6) is 0. The third kappa shape index (κ3) is 4.17. The number of nitriles is 1. The molecule has 0 amide bonds. The van der Waals surface area contributed by atoms with Gasteiger partial charge in [0.1, 0.15) is 0 Å². The molecule has 112 valence electrons. The van der Waals surface area contributed by atoms with Gasteiger partial charge in [-0.3, -0.25) is 0 Å². The zero-order chi connectivity index (χ0) is 15.1. The fourth-order valence-corrected chi connectivity index (χ4v) is 2.83. The van der Waals surface area contributed by atoms with Crippen molar-refractivity contribution in [1.29, 1.82) is 5.26 Å². The van der Waals surface area contributed by atoms with Crippen LogP contribution < -0.4 is 0 Å². The van der Waals surface area contributed by atoms with Gasteiger partial charge in [0, 0.05) is 25.2 Å². The Labute approximate surface area is 127 Å². The van der Waals surface area contributed by atoms with Crippen LogP contribution in [-0.4, -0.2) is 19.5 Å². The lowest BCUT2D eigenvalue weighted by atomic mass is 10.0. The van der Waals surface area contributed by atoms with E-state index in [0.717, 1.165) is 12.8 Å². The van der Waals surface area contributed by atoms with Crippen molar-refractivity contribution in [2.45, 2.75) is 45.8 Å². The van der Waals surface area contributed by atoms with Crippen molar-refractivity contribution >= 4 is 6.08 Å². The molecule has 0 aromatic heterocycles. The first-order chi connectivity index (χ1) is 10.3. The molecule has 1 aliphatic rings. The van der Waals surface area contributed by atoms with E-state index in [4.69, 9.17) is 9.47 Å². The van der Waals surface area contributed by atoms with Gasteiger partial charge in [-0.05, 0) is 55.9 Å². The summed E-state index contributed by atoms with van der Waals surface area (Å²) in [4.78, 5) is 0. The van der Waals surface area contributed by atoms with Crippen LogP contribution in [-0.2, 0) is 22.3 Å². The Morgan fingerprint density at radius 3 is 2.71 bits per heavy atom. The third-order valence-electron chi connectivity index (χ3n) is 3.75. The molecule has 3 heteroatoms. The van der Waals surface area contributed by atoms with Gasteiger partial charge in [-0.25, -0.2) is 0 Å². The van der Waals surface area contributed by atoms with E-state index in [2.05, 4.69) is 24.3 Å². The molecule has 0 saturated carbocycles. The Balaban J connectivity index is 2.17. The van der Waals surface area contributed by atoms with E-state index in [0.29, 0.717) is 25.2 Å². The second-order valence-corrected chi connectivity index (χ2v) is 5.16. The van der Waals surface area contributed by atoms with Crippen LogP contribution in [0, 0.1) is 11.3 Å². The number of hydrogen-bond acceptors (Lipinski definition) is 3. The molecule has 3 nitrogen and oxygen atoms in total. The van der Waals surface area contributed by atoms with Crippen molar-refractivity contribution in [3.8, 4) is 6.07 Å². The number of aryl methyl sites for hydroxylation is 1. The minimum atomic E-state index is -0.331. The Bertz CT molecular complexity index is 537. The van der Waals surface area contributed by atoms with Crippen molar-refractivity contribution in [3.05, 3.63) is 40.5 Å².